The lowest BCUT2D eigenvalue weighted by Crippen LogP contribution is -2.16. The first-order valence-corrected chi connectivity index (χ1v) is 6.03. The third-order valence-electron chi connectivity index (χ3n) is 3.42. The fraction of sp³-hybridized carbons (Fsp3) is 0.500. The molecule has 92 valence electrons. The standard InChI is InChI=1S/C14H19NO2/c1-14(2)9-12(14)13(17)15-11-5-3-4-10(8-11)6-7-16/h3-5,8,12,16H,6-7,9H2,1-2H3,(H,15,17). The molecule has 1 aromatic rings. The molecule has 1 aliphatic rings. The van der Waals surface area contributed by atoms with Crippen LogP contribution in [0.3, 0.4) is 0 Å². The third kappa shape index (κ3) is 2.86. The Hall–Kier alpha value is -1.35. The van der Waals surface area contributed by atoms with Crippen LogP contribution in [0.1, 0.15) is 25.8 Å². The lowest BCUT2D eigenvalue weighted by atomic mass is 10.1. The number of carbonyl (C=O) groups is 1. The Labute approximate surface area is 102 Å². The van der Waals surface area contributed by atoms with Crippen molar-refractivity contribution in [3.63, 3.8) is 0 Å². The average Bonchev–Trinajstić information content (AvgIpc) is 2.89. The maximum absolute atomic E-state index is 11.9. The fourth-order valence-electron chi connectivity index (χ4n) is 2.08. The second kappa shape index (κ2) is 4.49. The van der Waals surface area contributed by atoms with Gasteiger partial charge >= 0.3 is 0 Å². The van der Waals surface area contributed by atoms with Crippen LogP contribution in [-0.4, -0.2) is 17.6 Å². The van der Waals surface area contributed by atoms with E-state index in [-0.39, 0.29) is 23.8 Å². The Kier molecular flexibility index (Phi) is 3.20. The SMILES string of the molecule is CC1(C)CC1C(=O)Nc1cccc(CCO)c1. The van der Waals surface area contributed by atoms with Crippen LogP contribution in [0.15, 0.2) is 24.3 Å². The van der Waals surface area contributed by atoms with Crippen molar-refractivity contribution in [2.45, 2.75) is 26.7 Å². The van der Waals surface area contributed by atoms with E-state index in [2.05, 4.69) is 19.2 Å². The summed E-state index contributed by atoms with van der Waals surface area (Å²) >= 11 is 0. The number of amides is 1. The normalized spacial score (nSPS) is 21.0. The molecule has 1 atom stereocenters. The van der Waals surface area contributed by atoms with Crippen molar-refractivity contribution in [3.8, 4) is 0 Å². The van der Waals surface area contributed by atoms with Crippen LogP contribution in [0.2, 0.25) is 0 Å². The molecule has 0 aromatic heterocycles. The molecule has 0 saturated heterocycles. The minimum atomic E-state index is 0.108. The highest BCUT2D eigenvalue weighted by Gasteiger charge is 2.50. The van der Waals surface area contributed by atoms with Gasteiger partial charge < -0.3 is 10.4 Å². The highest BCUT2D eigenvalue weighted by atomic mass is 16.2. The smallest absolute Gasteiger partial charge is 0.228 e. The van der Waals surface area contributed by atoms with Gasteiger partial charge in [0.15, 0.2) is 0 Å². The van der Waals surface area contributed by atoms with Gasteiger partial charge in [0, 0.05) is 18.2 Å². The molecule has 1 saturated carbocycles. The van der Waals surface area contributed by atoms with Crippen LogP contribution < -0.4 is 5.32 Å². The average molecular weight is 233 g/mol. The lowest BCUT2D eigenvalue weighted by Gasteiger charge is -2.08. The quantitative estimate of drug-likeness (QED) is 0.837. The third-order valence-corrected chi connectivity index (χ3v) is 3.42. The Morgan fingerprint density at radius 3 is 2.82 bits per heavy atom. The maximum atomic E-state index is 11.9. The van der Waals surface area contributed by atoms with Gasteiger partial charge in [0.2, 0.25) is 5.91 Å². The van der Waals surface area contributed by atoms with Crippen molar-refractivity contribution in [2.75, 3.05) is 11.9 Å². The molecule has 2 rings (SSSR count). The molecule has 0 spiro atoms. The van der Waals surface area contributed by atoms with Gasteiger partial charge in [-0.05, 0) is 36.0 Å². The maximum Gasteiger partial charge on any atom is 0.228 e. The Balaban J connectivity index is 1.99. The van der Waals surface area contributed by atoms with Crippen LogP contribution in [0, 0.1) is 11.3 Å². The van der Waals surface area contributed by atoms with Crippen LogP contribution in [0.5, 0.6) is 0 Å². The fourth-order valence-corrected chi connectivity index (χ4v) is 2.08. The van der Waals surface area contributed by atoms with Crippen molar-refractivity contribution in [3.05, 3.63) is 29.8 Å². The van der Waals surface area contributed by atoms with E-state index in [1.807, 2.05) is 24.3 Å². The topological polar surface area (TPSA) is 49.3 Å². The summed E-state index contributed by atoms with van der Waals surface area (Å²) in [7, 11) is 0. The summed E-state index contributed by atoms with van der Waals surface area (Å²) in [5.74, 6) is 0.250. The first-order chi connectivity index (χ1) is 8.03. The van der Waals surface area contributed by atoms with Gasteiger partial charge in [-0.1, -0.05) is 26.0 Å². The monoisotopic (exact) mass is 233 g/mol. The number of anilines is 1. The molecule has 1 amide bonds. The van der Waals surface area contributed by atoms with E-state index >= 15 is 0 Å². The summed E-state index contributed by atoms with van der Waals surface area (Å²) in [5, 5.41) is 11.8. The molecule has 1 aliphatic carbocycles. The Morgan fingerprint density at radius 2 is 2.24 bits per heavy atom. The van der Waals surface area contributed by atoms with Gasteiger partial charge in [-0.15, -0.1) is 0 Å². The summed E-state index contributed by atoms with van der Waals surface area (Å²) in [6, 6.07) is 7.66. The first kappa shape index (κ1) is 12.1. The molecule has 1 fully saturated rings. The summed E-state index contributed by atoms with van der Waals surface area (Å²) in [4.78, 5) is 11.9. The number of benzene rings is 1. The molecule has 3 heteroatoms. The van der Waals surface area contributed by atoms with E-state index in [0.717, 1.165) is 17.7 Å². The predicted octanol–water partition coefficient (Wildman–Crippen LogP) is 2.21. The van der Waals surface area contributed by atoms with Gasteiger partial charge in [-0.2, -0.15) is 0 Å². The molecule has 17 heavy (non-hydrogen) atoms. The zero-order chi connectivity index (χ0) is 12.5. The molecule has 2 N–H and O–H groups in total. The van der Waals surface area contributed by atoms with Crippen molar-refractivity contribution < 1.29 is 9.90 Å². The number of rotatable bonds is 4. The summed E-state index contributed by atoms with van der Waals surface area (Å²) < 4.78 is 0. The minimum absolute atomic E-state index is 0.108. The van der Waals surface area contributed by atoms with E-state index in [1.165, 1.54) is 0 Å². The Bertz CT molecular complexity index is 426. The molecule has 0 aliphatic heterocycles. The van der Waals surface area contributed by atoms with Gasteiger partial charge in [-0.25, -0.2) is 0 Å². The minimum Gasteiger partial charge on any atom is -0.396 e. The Morgan fingerprint density at radius 1 is 1.53 bits per heavy atom. The molecule has 0 radical (unpaired) electrons. The predicted molar refractivity (Wildman–Crippen MR) is 67.7 cm³/mol. The van der Waals surface area contributed by atoms with E-state index in [0.29, 0.717) is 6.42 Å². The lowest BCUT2D eigenvalue weighted by molar-refractivity contribution is -0.117. The zero-order valence-electron chi connectivity index (χ0n) is 10.4. The number of nitrogens with one attached hydrogen (secondary N) is 1. The highest BCUT2D eigenvalue weighted by Crippen LogP contribution is 2.51. The number of hydrogen-bond acceptors (Lipinski definition) is 2. The van der Waals surface area contributed by atoms with Crippen LogP contribution >= 0.6 is 0 Å². The second-order valence-corrected chi connectivity index (χ2v) is 5.41. The molecule has 1 unspecified atom stereocenters. The van der Waals surface area contributed by atoms with Crippen LogP contribution in [0.25, 0.3) is 0 Å². The largest absolute Gasteiger partial charge is 0.396 e. The highest BCUT2D eigenvalue weighted by molar-refractivity contribution is 5.95. The number of carbonyl (C=O) groups excluding carboxylic acids is 1. The van der Waals surface area contributed by atoms with E-state index in [9.17, 15) is 4.79 Å². The molecule has 1 aromatic carbocycles. The summed E-state index contributed by atoms with van der Waals surface area (Å²) in [6.07, 6.45) is 1.59. The second-order valence-electron chi connectivity index (χ2n) is 5.41. The van der Waals surface area contributed by atoms with Crippen LogP contribution in [0.4, 0.5) is 5.69 Å². The molecule has 0 bridgehead atoms. The van der Waals surface area contributed by atoms with Crippen molar-refractivity contribution in [2.24, 2.45) is 11.3 Å². The van der Waals surface area contributed by atoms with Gasteiger partial charge in [0.25, 0.3) is 0 Å². The van der Waals surface area contributed by atoms with Gasteiger partial charge in [0.1, 0.15) is 0 Å². The van der Waals surface area contributed by atoms with E-state index in [4.69, 9.17) is 5.11 Å². The molecular formula is C14H19NO2. The van der Waals surface area contributed by atoms with Crippen molar-refractivity contribution in [1.82, 2.24) is 0 Å². The van der Waals surface area contributed by atoms with Gasteiger partial charge in [0.05, 0.1) is 0 Å². The van der Waals surface area contributed by atoms with Gasteiger partial charge in [-0.3, -0.25) is 4.79 Å². The van der Waals surface area contributed by atoms with Crippen molar-refractivity contribution in [1.29, 1.82) is 0 Å². The van der Waals surface area contributed by atoms with E-state index in [1.54, 1.807) is 0 Å². The first-order valence-electron chi connectivity index (χ1n) is 6.03. The van der Waals surface area contributed by atoms with Crippen molar-refractivity contribution >= 4 is 11.6 Å². The van der Waals surface area contributed by atoms with E-state index < -0.39 is 0 Å². The number of aliphatic hydroxyl groups excluding tert-OH is 1. The summed E-state index contributed by atoms with van der Waals surface area (Å²) in [6.45, 7) is 4.35. The molecule has 3 nitrogen and oxygen atoms in total. The molecular weight excluding hydrogens is 214 g/mol. The summed E-state index contributed by atoms with van der Waals surface area (Å²) in [5.41, 5.74) is 2.02. The number of hydrogen-bond donors (Lipinski definition) is 2. The van der Waals surface area contributed by atoms with Crippen LogP contribution in [-0.2, 0) is 11.2 Å². The zero-order valence-corrected chi connectivity index (χ0v) is 10.4. The molecule has 0 heterocycles. The number of aliphatic hydroxyl groups is 1.